The third-order valence-corrected chi connectivity index (χ3v) is 2.25. The Morgan fingerprint density at radius 2 is 1.35 bits per heavy atom. The second-order valence-corrected chi connectivity index (χ2v) is 3.62. The molecule has 0 atom stereocenters. The molecule has 0 saturated heterocycles. The van der Waals surface area contributed by atoms with Crippen LogP contribution in [0.4, 0.5) is 22.7 Å². The fraction of sp³-hybridized carbons (Fsp3) is 0. The molecule has 0 heterocycles. The Bertz CT molecular complexity index is 500. The van der Waals surface area contributed by atoms with Gasteiger partial charge in [0, 0.05) is 17.1 Å². The van der Waals surface area contributed by atoms with Gasteiger partial charge in [-0.1, -0.05) is 0 Å². The van der Waals surface area contributed by atoms with Crippen molar-refractivity contribution in [2.75, 3.05) is 16.8 Å². The van der Waals surface area contributed by atoms with Crippen LogP contribution >= 0.6 is 0 Å². The molecule has 0 bridgehead atoms. The zero-order valence-electron chi connectivity index (χ0n) is 9.30. The van der Waals surface area contributed by atoms with Gasteiger partial charge < -0.3 is 16.8 Å². The van der Waals surface area contributed by atoms with Crippen molar-refractivity contribution in [1.82, 2.24) is 0 Å². The summed E-state index contributed by atoms with van der Waals surface area (Å²) in [6.07, 6.45) is 1.64. The SMILES string of the molecule is Nc1ccc(N=CNc2ccc(N)cc2)cc1. The Morgan fingerprint density at radius 3 is 1.94 bits per heavy atom. The first-order chi connectivity index (χ1) is 8.24. The second-order valence-electron chi connectivity index (χ2n) is 3.62. The minimum atomic E-state index is 0.732. The summed E-state index contributed by atoms with van der Waals surface area (Å²) in [5, 5.41) is 3.06. The van der Waals surface area contributed by atoms with Gasteiger partial charge in [-0.05, 0) is 48.5 Å². The first-order valence-electron chi connectivity index (χ1n) is 5.24. The van der Waals surface area contributed by atoms with Gasteiger partial charge in [-0.15, -0.1) is 0 Å². The summed E-state index contributed by atoms with van der Waals surface area (Å²) < 4.78 is 0. The van der Waals surface area contributed by atoms with Crippen molar-refractivity contribution in [3.63, 3.8) is 0 Å². The van der Waals surface area contributed by atoms with E-state index >= 15 is 0 Å². The molecular weight excluding hydrogens is 212 g/mol. The minimum Gasteiger partial charge on any atom is -0.399 e. The minimum absolute atomic E-state index is 0.732. The Kier molecular flexibility index (Phi) is 3.25. The van der Waals surface area contributed by atoms with Crippen LogP contribution in [-0.2, 0) is 0 Å². The molecule has 2 aromatic rings. The van der Waals surface area contributed by atoms with Gasteiger partial charge in [-0.2, -0.15) is 0 Å². The number of nitrogen functional groups attached to an aromatic ring is 2. The number of hydrogen-bond acceptors (Lipinski definition) is 3. The van der Waals surface area contributed by atoms with Crippen molar-refractivity contribution in [1.29, 1.82) is 0 Å². The van der Waals surface area contributed by atoms with Crippen LogP contribution in [0.5, 0.6) is 0 Å². The fourth-order valence-corrected chi connectivity index (χ4v) is 1.32. The molecule has 0 aromatic heterocycles. The smallest absolute Gasteiger partial charge is 0.0930 e. The van der Waals surface area contributed by atoms with E-state index in [1.54, 1.807) is 6.34 Å². The Morgan fingerprint density at radius 1 is 0.824 bits per heavy atom. The standard InChI is InChI=1S/C13H14N4/c14-10-1-5-12(6-2-10)16-9-17-13-7-3-11(15)4-8-13/h1-9H,14-15H2,(H,16,17). The van der Waals surface area contributed by atoms with E-state index in [1.807, 2.05) is 48.5 Å². The number of aliphatic imine (C=N–C) groups is 1. The molecule has 0 amide bonds. The highest BCUT2D eigenvalue weighted by Crippen LogP contribution is 2.14. The van der Waals surface area contributed by atoms with Crippen LogP contribution in [0.2, 0.25) is 0 Å². The predicted molar refractivity (Wildman–Crippen MR) is 73.5 cm³/mol. The molecule has 17 heavy (non-hydrogen) atoms. The quantitative estimate of drug-likeness (QED) is 0.427. The average Bonchev–Trinajstić information content (AvgIpc) is 2.34. The molecule has 0 unspecified atom stereocenters. The van der Waals surface area contributed by atoms with E-state index < -0.39 is 0 Å². The summed E-state index contributed by atoms with van der Waals surface area (Å²) in [6.45, 7) is 0. The van der Waals surface area contributed by atoms with Gasteiger partial charge in [0.05, 0.1) is 12.0 Å². The second kappa shape index (κ2) is 5.03. The van der Waals surface area contributed by atoms with E-state index in [1.165, 1.54) is 0 Å². The summed E-state index contributed by atoms with van der Waals surface area (Å²) in [7, 11) is 0. The summed E-state index contributed by atoms with van der Waals surface area (Å²) in [4.78, 5) is 4.24. The number of nitrogens with two attached hydrogens (primary N) is 2. The average molecular weight is 226 g/mol. The molecule has 0 aliphatic rings. The highest BCUT2D eigenvalue weighted by molar-refractivity contribution is 5.78. The van der Waals surface area contributed by atoms with Gasteiger partial charge in [0.15, 0.2) is 0 Å². The third kappa shape index (κ3) is 3.24. The lowest BCUT2D eigenvalue weighted by Gasteiger charge is -2.00. The van der Waals surface area contributed by atoms with Gasteiger partial charge in [0.2, 0.25) is 0 Å². The molecule has 5 N–H and O–H groups in total. The van der Waals surface area contributed by atoms with Crippen LogP contribution < -0.4 is 16.8 Å². The highest BCUT2D eigenvalue weighted by atomic mass is 14.9. The van der Waals surface area contributed by atoms with Crippen molar-refractivity contribution in [3.05, 3.63) is 48.5 Å². The molecule has 0 radical (unpaired) electrons. The number of anilines is 3. The molecule has 4 nitrogen and oxygen atoms in total. The lowest BCUT2D eigenvalue weighted by Crippen LogP contribution is -1.94. The maximum atomic E-state index is 5.59. The van der Waals surface area contributed by atoms with Gasteiger partial charge in [-0.3, -0.25) is 0 Å². The van der Waals surface area contributed by atoms with Crippen molar-refractivity contribution in [2.45, 2.75) is 0 Å². The van der Waals surface area contributed by atoms with Crippen LogP contribution in [0.15, 0.2) is 53.5 Å². The number of nitrogens with zero attached hydrogens (tertiary/aromatic N) is 1. The molecule has 2 rings (SSSR count). The molecule has 0 saturated carbocycles. The van der Waals surface area contributed by atoms with Gasteiger partial charge in [0.25, 0.3) is 0 Å². The normalized spacial score (nSPS) is 10.6. The van der Waals surface area contributed by atoms with Gasteiger partial charge in [-0.25, -0.2) is 4.99 Å². The van der Waals surface area contributed by atoms with E-state index in [0.29, 0.717) is 0 Å². The monoisotopic (exact) mass is 226 g/mol. The predicted octanol–water partition coefficient (Wildman–Crippen LogP) is 2.62. The molecule has 2 aromatic carbocycles. The molecule has 0 aliphatic carbocycles. The van der Waals surface area contributed by atoms with Gasteiger partial charge in [0.1, 0.15) is 0 Å². The Hall–Kier alpha value is -2.49. The van der Waals surface area contributed by atoms with Crippen LogP contribution in [0.25, 0.3) is 0 Å². The maximum absolute atomic E-state index is 5.59. The zero-order valence-corrected chi connectivity index (χ0v) is 9.30. The van der Waals surface area contributed by atoms with Crippen LogP contribution in [0.3, 0.4) is 0 Å². The molecule has 4 heteroatoms. The van der Waals surface area contributed by atoms with E-state index in [0.717, 1.165) is 22.7 Å². The largest absolute Gasteiger partial charge is 0.399 e. The third-order valence-electron chi connectivity index (χ3n) is 2.25. The van der Waals surface area contributed by atoms with E-state index in [4.69, 9.17) is 11.5 Å². The summed E-state index contributed by atoms with van der Waals surface area (Å²) in [5.74, 6) is 0. The molecule has 0 fully saturated rings. The Balaban J connectivity index is 1.97. The maximum Gasteiger partial charge on any atom is 0.0930 e. The van der Waals surface area contributed by atoms with Gasteiger partial charge >= 0.3 is 0 Å². The first-order valence-corrected chi connectivity index (χ1v) is 5.24. The van der Waals surface area contributed by atoms with Crippen molar-refractivity contribution < 1.29 is 0 Å². The summed E-state index contributed by atoms with van der Waals surface area (Å²) in [5.41, 5.74) is 14.4. The molecular formula is C13H14N4. The number of benzene rings is 2. The Labute approximate surface area is 100.0 Å². The van der Waals surface area contributed by atoms with Crippen LogP contribution in [0.1, 0.15) is 0 Å². The first kappa shape index (κ1) is 11.0. The van der Waals surface area contributed by atoms with Crippen molar-refractivity contribution in [3.8, 4) is 0 Å². The van der Waals surface area contributed by atoms with E-state index in [2.05, 4.69) is 10.3 Å². The lowest BCUT2D eigenvalue weighted by molar-refractivity contribution is 1.52. The zero-order chi connectivity index (χ0) is 12.1. The lowest BCUT2D eigenvalue weighted by atomic mass is 10.3. The van der Waals surface area contributed by atoms with E-state index in [-0.39, 0.29) is 0 Å². The van der Waals surface area contributed by atoms with Crippen molar-refractivity contribution in [2.24, 2.45) is 4.99 Å². The number of hydrogen-bond donors (Lipinski definition) is 3. The van der Waals surface area contributed by atoms with Crippen LogP contribution in [-0.4, -0.2) is 6.34 Å². The van der Waals surface area contributed by atoms with Crippen molar-refractivity contribution >= 4 is 29.1 Å². The topological polar surface area (TPSA) is 76.4 Å². The molecule has 0 spiro atoms. The highest BCUT2D eigenvalue weighted by Gasteiger charge is 1.89. The number of rotatable bonds is 3. The number of nitrogens with one attached hydrogen (secondary N) is 1. The molecule has 0 aliphatic heterocycles. The fourth-order valence-electron chi connectivity index (χ4n) is 1.32. The molecule has 86 valence electrons. The summed E-state index contributed by atoms with van der Waals surface area (Å²) >= 11 is 0. The summed E-state index contributed by atoms with van der Waals surface area (Å²) in [6, 6.07) is 14.8. The van der Waals surface area contributed by atoms with Crippen LogP contribution in [0, 0.1) is 0 Å². The van der Waals surface area contributed by atoms with E-state index in [9.17, 15) is 0 Å².